The number of nitrogen functional groups attached to an aromatic ring is 3. The molecule has 0 aliphatic heterocycles. The molecule has 6 N–H and O–H groups in total. The van der Waals surface area contributed by atoms with Crippen molar-refractivity contribution in [3.8, 4) is 33.8 Å². The molecule has 0 bridgehead atoms. The van der Waals surface area contributed by atoms with Gasteiger partial charge in [-0.2, -0.15) is 0 Å². The molecule has 0 aromatic heterocycles. The van der Waals surface area contributed by atoms with Crippen molar-refractivity contribution in [2.45, 2.75) is 0 Å². The topological polar surface area (TPSA) is 87.3 Å². The smallest absolute Gasteiger partial charge is 0.135 e. The molecule has 0 saturated carbocycles. The molecule has 0 heterocycles. The summed E-state index contributed by atoms with van der Waals surface area (Å²) in [6.45, 7) is 0. The maximum absolute atomic E-state index is 6.22. The molecule has 0 amide bonds. The summed E-state index contributed by atoms with van der Waals surface area (Å²) in [5.74, 6) is 1.43. The van der Waals surface area contributed by atoms with Gasteiger partial charge in [0, 0.05) is 28.7 Å². The lowest BCUT2D eigenvalue weighted by Crippen LogP contribution is -1.92. The molecule has 0 spiro atoms. The minimum atomic E-state index is 0.654. The summed E-state index contributed by atoms with van der Waals surface area (Å²) in [6, 6.07) is 29.1. The maximum atomic E-state index is 6.22. The quantitative estimate of drug-likeness (QED) is 0.412. The van der Waals surface area contributed by atoms with Gasteiger partial charge >= 0.3 is 0 Å². The molecule has 0 unspecified atom stereocenters. The fourth-order valence-corrected chi connectivity index (χ4v) is 3.07. The Kier molecular flexibility index (Phi) is 4.60. The summed E-state index contributed by atoms with van der Waals surface area (Å²) >= 11 is 0. The summed E-state index contributed by atoms with van der Waals surface area (Å²) in [7, 11) is 0. The van der Waals surface area contributed by atoms with E-state index in [2.05, 4.69) is 12.1 Å². The number of benzene rings is 4. The van der Waals surface area contributed by atoms with Crippen molar-refractivity contribution in [1.82, 2.24) is 0 Å². The van der Waals surface area contributed by atoms with Gasteiger partial charge in [-0.05, 0) is 59.2 Å². The third-order valence-electron chi connectivity index (χ3n) is 4.53. The van der Waals surface area contributed by atoms with E-state index in [1.807, 2.05) is 78.9 Å². The van der Waals surface area contributed by atoms with Crippen LogP contribution in [0.25, 0.3) is 22.3 Å². The van der Waals surface area contributed by atoms with E-state index >= 15 is 0 Å². The van der Waals surface area contributed by atoms with Crippen LogP contribution in [-0.2, 0) is 0 Å². The lowest BCUT2D eigenvalue weighted by molar-refractivity contribution is 0.485. The van der Waals surface area contributed by atoms with E-state index in [0.29, 0.717) is 11.4 Å². The van der Waals surface area contributed by atoms with Gasteiger partial charge in [-0.15, -0.1) is 0 Å². The summed E-state index contributed by atoms with van der Waals surface area (Å²) in [5.41, 5.74) is 23.8. The van der Waals surface area contributed by atoms with Crippen molar-refractivity contribution in [3.05, 3.63) is 91.0 Å². The first-order chi connectivity index (χ1) is 13.6. The first kappa shape index (κ1) is 17.5. The van der Waals surface area contributed by atoms with Gasteiger partial charge < -0.3 is 21.9 Å². The number of rotatable bonds is 4. The molecule has 28 heavy (non-hydrogen) atoms. The number of hydrogen-bond donors (Lipinski definition) is 3. The van der Waals surface area contributed by atoms with Crippen LogP contribution in [0.4, 0.5) is 17.1 Å². The van der Waals surface area contributed by atoms with Crippen molar-refractivity contribution < 1.29 is 4.74 Å². The SMILES string of the molecule is Nc1ccc(-c2ccc(-c3ccc(N)cc3)c(Oc3cccc(N)c3)c2)cc1. The van der Waals surface area contributed by atoms with Gasteiger partial charge in [0.15, 0.2) is 0 Å². The summed E-state index contributed by atoms with van der Waals surface area (Å²) in [4.78, 5) is 0. The first-order valence-electron chi connectivity index (χ1n) is 8.98. The first-order valence-corrected chi connectivity index (χ1v) is 8.98. The van der Waals surface area contributed by atoms with Gasteiger partial charge in [-0.1, -0.05) is 42.5 Å². The Balaban J connectivity index is 1.80. The fraction of sp³-hybridized carbons (Fsp3) is 0. The maximum Gasteiger partial charge on any atom is 0.135 e. The fourth-order valence-electron chi connectivity index (χ4n) is 3.07. The Morgan fingerprint density at radius 2 is 1.11 bits per heavy atom. The molecule has 4 nitrogen and oxygen atoms in total. The molecule has 0 fully saturated rings. The van der Waals surface area contributed by atoms with E-state index in [4.69, 9.17) is 21.9 Å². The molecule has 4 heteroatoms. The second-order valence-corrected chi connectivity index (χ2v) is 6.63. The van der Waals surface area contributed by atoms with E-state index in [1.54, 1.807) is 0 Å². The van der Waals surface area contributed by atoms with Crippen molar-refractivity contribution in [3.63, 3.8) is 0 Å². The zero-order chi connectivity index (χ0) is 19.5. The van der Waals surface area contributed by atoms with Crippen molar-refractivity contribution >= 4 is 17.1 Å². The Morgan fingerprint density at radius 1 is 0.500 bits per heavy atom. The van der Waals surface area contributed by atoms with Crippen LogP contribution in [0.15, 0.2) is 91.0 Å². The predicted molar refractivity (Wildman–Crippen MR) is 117 cm³/mol. The molecule has 0 aliphatic rings. The molecule has 0 saturated heterocycles. The molecule has 4 aromatic rings. The Hall–Kier alpha value is -3.92. The molecular formula is C24H21N3O. The van der Waals surface area contributed by atoms with Crippen LogP contribution in [0.2, 0.25) is 0 Å². The van der Waals surface area contributed by atoms with Crippen LogP contribution in [0.1, 0.15) is 0 Å². The van der Waals surface area contributed by atoms with Crippen molar-refractivity contribution in [2.75, 3.05) is 17.2 Å². The van der Waals surface area contributed by atoms with Gasteiger partial charge in [0.25, 0.3) is 0 Å². The Morgan fingerprint density at radius 3 is 1.75 bits per heavy atom. The van der Waals surface area contributed by atoms with Crippen LogP contribution in [-0.4, -0.2) is 0 Å². The third-order valence-corrected chi connectivity index (χ3v) is 4.53. The second kappa shape index (κ2) is 7.37. The third kappa shape index (κ3) is 3.76. The van der Waals surface area contributed by atoms with E-state index < -0.39 is 0 Å². The lowest BCUT2D eigenvalue weighted by Gasteiger charge is -2.14. The van der Waals surface area contributed by atoms with E-state index in [1.165, 1.54) is 0 Å². The summed E-state index contributed by atoms with van der Waals surface area (Å²) in [6.07, 6.45) is 0. The van der Waals surface area contributed by atoms with Crippen molar-refractivity contribution in [1.29, 1.82) is 0 Å². The van der Waals surface area contributed by atoms with Crippen LogP contribution >= 0.6 is 0 Å². The zero-order valence-corrected chi connectivity index (χ0v) is 15.3. The number of anilines is 3. The highest BCUT2D eigenvalue weighted by molar-refractivity contribution is 5.77. The lowest BCUT2D eigenvalue weighted by atomic mass is 9.98. The second-order valence-electron chi connectivity index (χ2n) is 6.63. The largest absolute Gasteiger partial charge is 0.457 e. The average molecular weight is 367 g/mol. The summed E-state index contributed by atoms with van der Waals surface area (Å²) in [5, 5.41) is 0. The van der Waals surface area contributed by atoms with Gasteiger partial charge in [0.2, 0.25) is 0 Å². The molecule has 4 aromatic carbocycles. The molecule has 0 atom stereocenters. The Labute approximate surface area is 164 Å². The number of hydrogen-bond acceptors (Lipinski definition) is 4. The highest BCUT2D eigenvalue weighted by atomic mass is 16.5. The van der Waals surface area contributed by atoms with Crippen LogP contribution in [0.3, 0.4) is 0 Å². The molecular weight excluding hydrogens is 346 g/mol. The van der Waals surface area contributed by atoms with E-state index in [0.717, 1.165) is 39.4 Å². The van der Waals surface area contributed by atoms with Crippen LogP contribution in [0, 0.1) is 0 Å². The van der Waals surface area contributed by atoms with Crippen LogP contribution in [0.5, 0.6) is 11.5 Å². The van der Waals surface area contributed by atoms with Gasteiger partial charge in [-0.3, -0.25) is 0 Å². The van der Waals surface area contributed by atoms with E-state index in [-0.39, 0.29) is 0 Å². The molecule has 138 valence electrons. The van der Waals surface area contributed by atoms with Gasteiger partial charge in [0.1, 0.15) is 11.5 Å². The minimum absolute atomic E-state index is 0.654. The number of ether oxygens (including phenoxy) is 1. The monoisotopic (exact) mass is 367 g/mol. The van der Waals surface area contributed by atoms with Gasteiger partial charge in [-0.25, -0.2) is 0 Å². The molecule has 4 rings (SSSR count). The molecule has 0 aliphatic carbocycles. The normalized spacial score (nSPS) is 10.6. The van der Waals surface area contributed by atoms with E-state index in [9.17, 15) is 0 Å². The van der Waals surface area contributed by atoms with Crippen LogP contribution < -0.4 is 21.9 Å². The summed E-state index contributed by atoms with van der Waals surface area (Å²) < 4.78 is 6.22. The predicted octanol–water partition coefficient (Wildman–Crippen LogP) is 5.56. The highest BCUT2D eigenvalue weighted by Gasteiger charge is 2.11. The standard InChI is InChI=1S/C24H21N3O/c25-19-9-4-16(5-10-19)18-8-13-23(17-6-11-20(26)12-7-17)24(14-18)28-22-3-1-2-21(27)15-22/h1-15H,25-27H2. The van der Waals surface area contributed by atoms with Gasteiger partial charge in [0.05, 0.1) is 0 Å². The van der Waals surface area contributed by atoms with Crippen molar-refractivity contribution in [2.24, 2.45) is 0 Å². The number of nitrogens with two attached hydrogens (primary N) is 3. The Bertz CT molecular complexity index is 1100. The zero-order valence-electron chi connectivity index (χ0n) is 15.3. The highest BCUT2D eigenvalue weighted by Crippen LogP contribution is 2.37. The average Bonchev–Trinajstić information content (AvgIpc) is 2.69. The minimum Gasteiger partial charge on any atom is -0.457 e. The molecule has 0 radical (unpaired) electrons.